The molecule has 0 aliphatic rings. The maximum absolute atomic E-state index is 11.7. The van der Waals surface area contributed by atoms with E-state index in [1.807, 2.05) is 13.2 Å². The molecule has 0 radical (unpaired) electrons. The number of aliphatic carboxylic acids is 1. The fourth-order valence-electron chi connectivity index (χ4n) is 1.43. The molecule has 0 aromatic rings. The first-order chi connectivity index (χ1) is 8.54. The predicted octanol–water partition coefficient (Wildman–Crippen LogP) is -0.377. The van der Waals surface area contributed by atoms with E-state index in [4.69, 9.17) is 10.2 Å². The summed E-state index contributed by atoms with van der Waals surface area (Å²) in [6.07, 6.45) is 2.30. The SMILES string of the molecule is CCN(CCO)CC(=O)NC(CCSC)C(=O)O. The predicted molar refractivity (Wildman–Crippen MR) is 71.8 cm³/mol. The van der Waals surface area contributed by atoms with Gasteiger partial charge in [-0.1, -0.05) is 6.92 Å². The number of carboxylic acids is 1. The van der Waals surface area contributed by atoms with Crippen molar-refractivity contribution in [3.05, 3.63) is 0 Å². The Hall–Kier alpha value is -0.790. The van der Waals surface area contributed by atoms with Crippen LogP contribution in [-0.4, -0.2) is 71.3 Å². The second kappa shape index (κ2) is 10.2. The molecule has 6 nitrogen and oxygen atoms in total. The summed E-state index contributed by atoms with van der Waals surface area (Å²) < 4.78 is 0. The highest BCUT2D eigenvalue weighted by Gasteiger charge is 2.20. The van der Waals surface area contributed by atoms with Gasteiger partial charge in [0.15, 0.2) is 0 Å². The molecular formula is C11H22N2O4S. The van der Waals surface area contributed by atoms with Gasteiger partial charge in [-0.3, -0.25) is 9.69 Å². The zero-order valence-corrected chi connectivity index (χ0v) is 11.7. The number of aliphatic hydroxyl groups is 1. The van der Waals surface area contributed by atoms with Crippen LogP contribution in [0.25, 0.3) is 0 Å². The van der Waals surface area contributed by atoms with Gasteiger partial charge in [-0.15, -0.1) is 0 Å². The van der Waals surface area contributed by atoms with Crippen molar-refractivity contribution in [2.24, 2.45) is 0 Å². The molecule has 7 heteroatoms. The number of nitrogens with one attached hydrogen (secondary N) is 1. The normalized spacial score (nSPS) is 12.4. The summed E-state index contributed by atoms with van der Waals surface area (Å²) in [7, 11) is 0. The van der Waals surface area contributed by atoms with Crippen molar-refractivity contribution in [2.45, 2.75) is 19.4 Å². The lowest BCUT2D eigenvalue weighted by Crippen LogP contribution is -2.46. The lowest BCUT2D eigenvalue weighted by molar-refractivity contribution is -0.142. The minimum absolute atomic E-state index is 0.0179. The molecule has 1 amide bonds. The molecule has 3 N–H and O–H groups in total. The topological polar surface area (TPSA) is 89.9 Å². The van der Waals surface area contributed by atoms with Crippen LogP contribution in [0.5, 0.6) is 0 Å². The molecule has 0 fully saturated rings. The van der Waals surface area contributed by atoms with Gasteiger partial charge in [-0.25, -0.2) is 4.79 Å². The Balaban J connectivity index is 4.19. The highest BCUT2D eigenvalue weighted by Crippen LogP contribution is 2.01. The summed E-state index contributed by atoms with van der Waals surface area (Å²) >= 11 is 1.54. The molecule has 0 saturated heterocycles. The monoisotopic (exact) mass is 278 g/mol. The van der Waals surface area contributed by atoms with Crippen molar-refractivity contribution >= 4 is 23.6 Å². The number of nitrogens with zero attached hydrogens (tertiary/aromatic N) is 1. The molecule has 0 bridgehead atoms. The lowest BCUT2D eigenvalue weighted by atomic mass is 10.2. The highest BCUT2D eigenvalue weighted by atomic mass is 32.2. The molecule has 1 unspecified atom stereocenters. The molecule has 0 heterocycles. The number of aliphatic hydroxyl groups excluding tert-OH is 1. The zero-order chi connectivity index (χ0) is 14.0. The summed E-state index contributed by atoms with van der Waals surface area (Å²) in [4.78, 5) is 24.4. The van der Waals surface area contributed by atoms with Crippen LogP contribution in [0.3, 0.4) is 0 Å². The third-order valence-corrected chi connectivity index (χ3v) is 3.12. The van der Waals surface area contributed by atoms with Crippen LogP contribution in [0, 0.1) is 0 Å². The van der Waals surface area contributed by atoms with Gasteiger partial charge >= 0.3 is 5.97 Å². The van der Waals surface area contributed by atoms with Crippen molar-refractivity contribution < 1.29 is 19.8 Å². The number of carbonyl (C=O) groups excluding carboxylic acids is 1. The van der Waals surface area contributed by atoms with Crippen molar-refractivity contribution in [3.8, 4) is 0 Å². The maximum Gasteiger partial charge on any atom is 0.326 e. The smallest absolute Gasteiger partial charge is 0.326 e. The summed E-state index contributed by atoms with van der Waals surface area (Å²) in [5.41, 5.74) is 0. The summed E-state index contributed by atoms with van der Waals surface area (Å²) in [5.74, 6) is -0.646. The Morgan fingerprint density at radius 1 is 1.44 bits per heavy atom. The van der Waals surface area contributed by atoms with Gasteiger partial charge < -0.3 is 15.5 Å². The summed E-state index contributed by atoms with van der Waals surface area (Å²) in [6, 6.07) is -0.835. The van der Waals surface area contributed by atoms with E-state index in [-0.39, 0.29) is 19.1 Å². The minimum atomic E-state index is -1.01. The van der Waals surface area contributed by atoms with Gasteiger partial charge in [0.25, 0.3) is 0 Å². The second-order valence-corrected chi connectivity index (χ2v) is 4.82. The second-order valence-electron chi connectivity index (χ2n) is 3.83. The van der Waals surface area contributed by atoms with Crippen molar-refractivity contribution in [2.75, 3.05) is 38.2 Å². The van der Waals surface area contributed by atoms with Crippen molar-refractivity contribution in [3.63, 3.8) is 0 Å². The molecular weight excluding hydrogens is 256 g/mol. The molecule has 0 saturated carbocycles. The van der Waals surface area contributed by atoms with Crippen LogP contribution in [0.15, 0.2) is 0 Å². The number of amides is 1. The summed E-state index contributed by atoms with van der Waals surface area (Å²) in [5, 5.41) is 20.3. The molecule has 106 valence electrons. The number of carbonyl (C=O) groups is 2. The van der Waals surface area contributed by atoms with Crippen LogP contribution in [0.1, 0.15) is 13.3 Å². The zero-order valence-electron chi connectivity index (χ0n) is 10.9. The highest BCUT2D eigenvalue weighted by molar-refractivity contribution is 7.98. The third kappa shape index (κ3) is 7.52. The number of likely N-dealkylation sites (N-methyl/N-ethyl adjacent to an activating group) is 1. The van der Waals surface area contributed by atoms with E-state index in [1.54, 1.807) is 16.7 Å². The number of hydrogen-bond donors (Lipinski definition) is 3. The molecule has 0 aliphatic carbocycles. The Bertz CT molecular complexity index is 263. The van der Waals surface area contributed by atoms with E-state index in [2.05, 4.69) is 5.32 Å². The van der Waals surface area contributed by atoms with Crippen LogP contribution in [0.4, 0.5) is 0 Å². The van der Waals surface area contributed by atoms with E-state index in [9.17, 15) is 9.59 Å². The first kappa shape index (κ1) is 17.2. The van der Waals surface area contributed by atoms with Gasteiger partial charge in [-0.05, 0) is 25.0 Å². The third-order valence-electron chi connectivity index (χ3n) is 2.47. The Morgan fingerprint density at radius 3 is 2.56 bits per heavy atom. The largest absolute Gasteiger partial charge is 0.480 e. The standard InChI is InChI=1S/C11H22N2O4S/c1-3-13(5-6-14)8-10(15)12-9(11(16)17)4-7-18-2/h9,14H,3-8H2,1-2H3,(H,12,15)(H,16,17). The van der Waals surface area contributed by atoms with Gasteiger partial charge in [0.1, 0.15) is 6.04 Å². The van der Waals surface area contributed by atoms with E-state index in [1.165, 1.54) is 0 Å². The molecule has 1 atom stereocenters. The van der Waals surface area contributed by atoms with Crippen molar-refractivity contribution in [1.29, 1.82) is 0 Å². The fraction of sp³-hybridized carbons (Fsp3) is 0.818. The average molecular weight is 278 g/mol. The van der Waals surface area contributed by atoms with E-state index < -0.39 is 12.0 Å². The molecule has 0 aliphatic heterocycles. The molecule has 0 spiro atoms. The molecule has 0 aromatic heterocycles. The van der Waals surface area contributed by atoms with Crippen LogP contribution >= 0.6 is 11.8 Å². The first-order valence-corrected chi connectivity index (χ1v) is 7.28. The van der Waals surface area contributed by atoms with Crippen LogP contribution in [0.2, 0.25) is 0 Å². The molecule has 18 heavy (non-hydrogen) atoms. The van der Waals surface area contributed by atoms with E-state index >= 15 is 0 Å². The molecule has 0 aromatic carbocycles. The Kier molecular flexibility index (Phi) is 9.72. The quantitative estimate of drug-likeness (QED) is 0.505. The maximum atomic E-state index is 11.7. The van der Waals surface area contributed by atoms with E-state index in [0.717, 1.165) is 0 Å². The van der Waals surface area contributed by atoms with Crippen LogP contribution < -0.4 is 5.32 Å². The van der Waals surface area contributed by atoms with Crippen LogP contribution in [-0.2, 0) is 9.59 Å². The fourth-order valence-corrected chi connectivity index (χ4v) is 1.90. The van der Waals surface area contributed by atoms with E-state index in [0.29, 0.717) is 25.3 Å². The number of thioether (sulfide) groups is 1. The van der Waals surface area contributed by atoms with Gasteiger partial charge in [0, 0.05) is 6.54 Å². The Morgan fingerprint density at radius 2 is 2.11 bits per heavy atom. The first-order valence-electron chi connectivity index (χ1n) is 5.89. The summed E-state index contributed by atoms with van der Waals surface area (Å²) in [6.45, 7) is 3.02. The van der Waals surface area contributed by atoms with Gasteiger partial charge in [0.05, 0.1) is 13.2 Å². The Labute approximate surface area is 112 Å². The lowest BCUT2D eigenvalue weighted by Gasteiger charge is -2.20. The van der Waals surface area contributed by atoms with Crippen molar-refractivity contribution in [1.82, 2.24) is 10.2 Å². The molecule has 0 rings (SSSR count). The van der Waals surface area contributed by atoms with Gasteiger partial charge in [0.2, 0.25) is 5.91 Å². The number of carboxylic acid groups (broad SMARTS) is 1. The average Bonchev–Trinajstić information content (AvgIpc) is 2.33. The van der Waals surface area contributed by atoms with Gasteiger partial charge in [-0.2, -0.15) is 11.8 Å². The number of rotatable bonds is 10. The number of hydrogen-bond acceptors (Lipinski definition) is 5. The minimum Gasteiger partial charge on any atom is -0.480 e.